The first-order chi connectivity index (χ1) is 7.09. The van der Waals surface area contributed by atoms with E-state index < -0.39 is 7.12 Å². The number of carbonyl (C=O) groups is 1. The van der Waals surface area contributed by atoms with Crippen LogP contribution >= 0.6 is 0 Å². The Morgan fingerprint density at radius 1 is 1.53 bits per heavy atom. The normalized spacial score (nSPS) is 38.1. The molecule has 0 aliphatic heterocycles. The predicted octanol–water partition coefficient (Wildman–Crippen LogP) is 0.583. The molecule has 3 atom stereocenters. The Hall–Kier alpha value is -0.545. The van der Waals surface area contributed by atoms with E-state index in [1.165, 1.54) is 0 Å². The maximum atomic E-state index is 11.5. The summed E-state index contributed by atoms with van der Waals surface area (Å²) in [4.78, 5) is 11.5. The van der Waals surface area contributed by atoms with Gasteiger partial charge in [0.2, 0.25) is 0 Å². The number of hydrogen-bond donors (Lipinski definition) is 2. The van der Waals surface area contributed by atoms with Gasteiger partial charge in [-0.15, -0.1) is 0 Å². The predicted molar refractivity (Wildman–Crippen MR) is 55.0 cm³/mol. The summed E-state index contributed by atoms with van der Waals surface area (Å²) >= 11 is 0. The van der Waals surface area contributed by atoms with Gasteiger partial charge in [0.05, 0.1) is 12.5 Å². The quantitative estimate of drug-likeness (QED) is 0.530. The molecule has 2 aliphatic rings. The van der Waals surface area contributed by atoms with E-state index in [2.05, 4.69) is 0 Å². The molecule has 0 amide bonds. The Balaban J connectivity index is 1.89. The third-order valence-electron chi connectivity index (χ3n) is 3.88. The summed E-state index contributed by atoms with van der Waals surface area (Å²) in [5.41, 5.74) is 0.0333. The van der Waals surface area contributed by atoms with Gasteiger partial charge in [0.1, 0.15) is 0 Å². The Bertz CT molecular complexity index is 268. The molecule has 4 nitrogen and oxygen atoms in total. The molecule has 84 valence electrons. The van der Waals surface area contributed by atoms with Crippen molar-refractivity contribution in [3.8, 4) is 0 Å². The summed E-state index contributed by atoms with van der Waals surface area (Å²) in [6, 6.07) is 0. The van der Waals surface area contributed by atoms with Crippen LogP contribution in [0.5, 0.6) is 0 Å². The van der Waals surface area contributed by atoms with E-state index >= 15 is 0 Å². The molecular weight excluding hydrogens is 195 g/mol. The first-order valence-electron chi connectivity index (χ1n) is 5.62. The summed E-state index contributed by atoms with van der Waals surface area (Å²) in [5, 5.41) is 18.2. The highest BCUT2D eigenvalue weighted by molar-refractivity contribution is 6.44. The zero-order valence-electron chi connectivity index (χ0n) is 8.98. The molecule has 0 aromatic heterocycles. The van der Waals surface area contributed by atoms with Crippen LogP contribution in [0.25, 0.3) is 0 Å². The summed E-state index contributed by atoms with van der Waals surface area (Å²) < 4.78 is 4.98. The van der Waals surface area contributed by atoms with E-state index in [0.29, 0.717) is 6.61 Å². The van der Waals surface area contributed by atoms with Crippen LogP contribution in [0.1, 0.15) is 32.6 Å². The van der Waals surface area contributed by atoms with Gasteiger partial charge in [-0.05, 0) is 43.8 Å². The number of hydrogen-bond acceptors (Lipinski definition) is 4. The molecule has 2 aliphatic carbocycles. The minimum Gasteiger partial charge on any atom is -0.466 e. The molecule has 15 heavy (non-hydrogen) atoms. The lowest BCUT2D eigenvalue weighted by Crippen LogP contribution is -2.17. The van der Waals surface area contributed by atoms with Crippen molar-refractivity contribution < 1.29 is 19.6 Å². The zero-order chi connectivity index (χ0) is 11.1. The summed E-state index contributed by atoms with van der Waals surface area (Å²) in [5.74, 6) is -0.155. The lowest BCUT2D eigenvalue weighted by molar-refractivity contribution is -0.147. The highest BCUT2D eigenvalue weighted by Crippen LogP contribution is 2.68. The van der Waals surface area contributed by atoms with Crippen LogP contribution in [-0.4, -0.2) is 29.7 Å². The van der Waals surface area contributed by atoms with E-state index in [4.69, 9.17) is 14.8 Å². The highest BCUT2D eigenvalue weighted by Gasteiger charge is 2.62. The third kappa shape index (κ3) is 1.90. The van der Waals surface area contributed by atoms with Crippen molar-refractivity contribution in [2.75, 3.05) is 6.61 Å². The van der Waals surface area contributed by atoms with Crippen LogP contribution < -0.4 is 0 Å². The average molecular weight is 212 g/mol. The van der Waals surface area contributed by atoms with Crippen LogP contribution in [0.4, 0.5) is 0 Å². The number of ether oxygens (including phenoxy) is 1. The van der Waals surface area contributed by atoms with E-state index in [0.717, 1.165) is 25.7 Å². The zero-order valence-corrected chi connectivity index (χ0v) is 8.98. The van der Waals surface area contributed by atoms with Gasteiger partial charge in [-0.3, -0.25) is 4.79 Å². The van der Waals surface area contributed by atoms with Gasteiger partial charge in [-0.25, -0.2) is 0 Å². The molecular formula is C10H17BO4. The van der Waals surface area contributed by atoms with Crippen LogP contribution in [0.3, 0.4) is 0 Å². The van der Waals surface area contributed by atoms with Crippen molar-refractivity contribution >= 4 is 13.1 Å². The van der Waals surface area contributed by atoms with Crippen LogP contribution in [0.15, 0.2) is 0 Å². The van der Waals surface area contributed by atoms with Crippen molar-refractivity contribution in [2.45, 2.75) is 38.4 Å². The van der Waals surface area contributed by atoms with Gasteiger partial charge < -0.3 is 14.8 Å². The lowest BCUT2D eigenvalue weighted by atomic mass is 9.77. The SMILES string of the molecule is CCOC(=O)C1CCC2(C1)CC2B(O)O. The fourth-order valence-electron chi connectivity index (χ4n) is 2.94. The van der Waals surface area contributed by atoms with Gasteiger partial charge in [-0.1, -0.05) is 0 Å². The summed E-state index contributed by atoms with van der Waals surface area (Å²) in [6.07, 6.45) is 3.38. The molecule has 3 unspecified atom stereocenters. The average Bonchev–Trinajstić information content (AvgIpc) is 2.69. The minimum absolute atomic E-state index is 0.0167. The van der Waals surface area contributed by atoms with Crippen LogP contribution in [-0.2, 0) is 9.53 Å². The second kappa shape index (κ2) is 3.79. The van der Waals surface area contributed by atoms with Crippen LogP contribution in [0, 0.1) is 11.3 Å². The first-order valence-corrected chi connectivity index (χ1v) is 5.62. The van der Waals surface area contributed by atoms with Gasteiger partial charge in [-0.2, -0.15) is 0 Å². The Labute approximate surface area is 89.8 Å². The number of esters is 1. The van der Waals surface area contributed by atoms with Crippen molar-refractivity contribution in [3.63, 3.8) is 0 Å². The Morgan fingerprint density at radius 3 is 2.80 bits per heavy atom. The van der Waals surface area contributed by atoms with E-state index in [9.17, 15) is 4.79 Å². The maximum absolute atomic E-state index is 11.5. The van der Waals surface area contributed by atoms with Crippen molar-refractivity contribution in [2.24, 2.45) is 11.3 Å². The van der Waals surface area contributed by atoms with Gasteiger partial charge >= 0.3 is 13.1 Å². The molecule has 2 rings (SSSR count). The first kappa shape index (κ1) is 11.0. The second-order valence-electron chi connectivity index (χ2n) is 4.78. The molecule has 2 fully saturated rings. The smallest absolute Gasteiger partial charge is 0.455 e. The topological polar surface area (TPSA) is 66.8 Å². The van der Waals surface area contributed by atoms with Gasteiger partial charge in [0.15, 0.2) is 0 Å². The molecule has 0 bridgehead atoms. The molecule has 2 N–H and O–H groups in total. The molecule has 0 saturated heterocycles. The monoisotopic (exact) mass is 212 g/mol. The molecule has 0 aromatic carbocycles. The summed E-state index contributed by atoms with van der Waals surface area (Å²) in [6.45, 7) is 2.23. The fraction of sp³-hybridized carbons (Fsp3) is 0.900. The third-order valence-corrected chi connectivity index (χ3v) is 3.88. The number of carbonyl (C=O) groups excluding carboxylic acids is 1. The van der Waals surface area contributed by atoms with E-state index in [1.54, 1.807) is 6.92 Å². The van der Waals surface area contributed by atoms with Crippen molar-refractivity contribution in [1.29, 1.82) is 0 Å². The molecule has 0 heterocycles. The Morgan fingerprint density at radius 2 is 2.27 bits per heavy atom. The highest BCUT2D eigenvalue weighted by atomic mass is 16.5. The fourth-order valence-corrected chi connectivity index (χ4v) is 2.94. The van der Waals surface area contributed by atoms with E-state index in [1.807, 2.05) is 0 Å². The molecule has 0 aromatic rings. The standard InChI is InChI=1S/C10H17BO4/c1-2-15-9(12)7-3-4-10(5-7)6-8(10)11(13)14/h7-8,13-14H,2-6H2,1H3. The number of rotatable bonds is 3. The van der Waals surface area contributed by atoms with E-state index in [-0.39, 0.29) is 23.1 Å². The van der Waals surface area contributed by atoms with Crippen LogP contribution in [0.2, 0.25) is 5.82 Å². The van der Waals surface area contributed by atoms with Gasteiger partial charge in [0.25, 0.3) is 0 Å². The Kier molecular flexibility index (Phi) is 2.77. The van der Waals surface area contributed by atoms with Crippen molar-refractivity contribution in [3.05, 3.63) is 0 Å². The van der Waals surface area contributed by atoms with Crippen molar-refractivity contribution in [1.82, 2.24) is 0 Å². The molecule has 0 radical (unpaired) electrons. The minimum atomic E-state index is -1.22. The second-order valence-corrected chi connectivity index (χ2v) is 4.78. The molecule has 1 spiro atoms. The molecule has 5 heteroatoms. The lowest BCUT2D eigenvalue weighted by Gasteiger charge is -2.10. The van der Waals surface area contributed by atoms with Gasteiger partial charge in [0, 0.05) is 0 Å². The largest absolute Gasteiger partial charge is 0.466 e. The maximum Gasteiger partial charge on any atom is 0.455 e. The summed E-state index contributed by atoms with van der Waals surface area (Å²) in [7, 11) is -1.22. The molecule has 2 saturated carbocycles.